The van der Waals surface area contributed by atoms with Gasteiger partial charge in [-0.15, -0.1) is 0 Å². The lowest BCUT2D eigenvalue weighted by atomic mass is 10.2. The topological polar surface area (TPSA) is 73.7 Å². The third-order valence-electron chi connectivity index (χ3n) is 3.93. The molecule has 132 valence electrons. The summed E-state index contributed by atoms with van der Waals surface area (Å²) >= 11 is 0. The van der Waals surface area contributed by atoms with Crippen molar-refractivity contribution in [2.45, 2.75) is 26.3 Å². The van der Waals surface area contributed by atoms with Gasteiger partial charge in [0.25, 0.3) is 5.91 Å². The van der Waals surface area contributed by atoms with Crippen molar-refractivity contribution < 1.29 is 14.7 Å². The Morgan fingerprint density at radius 2 is 1.80 bits per heavy atom. The fourth-order valence-corrected chi connectivity index (χ4v) is 2.47. The second kappa shape index (κ2) is 8.28. The maximum atomic E-state index is 12.6. The molecule has 0 aliphatic rings. The Hall–Kier alpha value is -2.89. The van der Waals surface area contributed by atoms with Crippen molar-refractivity contribution in [1.29, 1.82) is 0 Å². The van der Waals surface area contributed by atoms with Crippen LogP contribution in [-0.2, 0) is 4.79 Å². The average Bonchev–Trinajstić information content (AvgIpc) is 2.61. The molecule has 0 saturated heterocycles. The summed E-state index contributed by atoms with van der Waals surface area (Å²) in [5.74, 6) is -0.404. The van der Waals surface area contributed by atoms with E-state index in [0.717, 1.165) is 11.5 Å². The van der Waals surface area contributed by atoms with E-state index in [4.69, 9.17) is 5.11 Å². The molecule has 1 aromatic heterocycles. The van der Waals surface area contributed by atoms with Crippen LogP contribution < -0.4 is 4.90 Å². The van der Waals surface area contributed by atoms with Crippen molar-refractivity contribution in [2.75, 3.05) is 18.5 Å². The molecule has 2 aromatic rings. The van der Waals surface area contributed by atoms with Gasteiger partial charge < -0.3 is 14.9 Å². The quantitative estimate of drug-likeness (QED) is 0.837. The average molecular weight is 341 g/mol. The van der Waals surface area contributed by atoms with Gasteiger partial charge in [-0.05, 0) is 38.1 Å². The van der Waals surface area contributed by atoms with Gasteiger partial charge in [-0.3, -0.25) is 9.59 Å². The third-order valence-corrected chi connectivity index (χ3v) is 3.93. The molecule has 0 aliphatic heterocycles. The SMILES string of the molecule is CC(C)N(CCC(=O)O)C(=O)c1ccc(N(C)c2ccccc2)nc1. The first kappa shape index (κ1) is 18.4. The van der Waals surface area contributed by atoms with Gasteiger partial charge in [0.1, 0.15) is 5.82 Å². The van der Waals surface area contributed by atoms with Crippen LogP contribution in [0.1, 0.15) is 30.6 Å². The number of nitrogens with zero attached hydrogens (tertiary/aromatic N) is 3. The normalized spacial score (nSPS) is 10.6. The Labute approximate surface area is 147 Å². The highest BCUT2D eigenvalue weighted by Gasteiger charge is 2.20. The van der Waals surface area contributed by atoms with E-state index in [1.807, 2.05) is 56.1 Å². The van der Waals surface area contributed by atoms with Crippen molar-refractivity contribution in [2.24, 2.45) is 0 Å². The van der Waals surface area contributed by atoms with Crippen LogP contribution in [0.15, 0.2) is 48.7 Å². The predicted molar refractivity (Wildman–Crippen MR) is 97.2 cm³/mol. The molecule has 1 amide bonds. The number of carbonyl (C=O) groups is 2. The first-order chi connectivity index (χ1) is 11.9. The Balaban J connectivity index is 2.14. The summed E-state index contributed by atoms with van der Waals surface area (Å²) in [6.07, 6.45) is 1.46. The minimum atomic E-state index is -0.920. The molecule has 0 fully saturated rings. The van der Waals surface area contributed by atoms with E-state index in [1.54, 1.807) is 17.0 Å². The summed E-state index contributed by atoms with van der Waals surface area (Å²) < 4.78 is 0. The number of carboxylic acid groups (broad SMARTS) is 1. The fraction of sp³-hybridized carbons (Fsp3) is 0.316. The van der Waals surface area contributed by atoms with Crippen LogP contribution in [0.25, 0.3) is 0 Å². The molecule has 0 spiro atoms. The number of rotatable bonds is 7. The Kier molecular flexibility index (Phi) is 6.11. The van der Waals surface area contributed by atoms with Crippen molar-refractivity contribution >= 4 is 23.4 Å². The van der Waals surface area contributed by atoms with E-state index in [1.165, 1.54) is 6.20 Å². The van der Waals surface area contributed by atoms with Crippen LogP contribution in [0, 0.1) is 0 Å². The van der Waals surface area contributed by atoms with Crippen LogP contribution >= 0.6 is 0 Å². The number of hydrogen-bond donors (Lipinski definition) is 1. The van der Waals surface area contributed by atoms with Crippen LogP contribution in [-0.4, -0.2) is 46.5 Å². The summed E-state index contributed by atoms with van der Waals surface area (Å²) in [4.78, 5) is 31.3. The number of carbonyl (C=O) groups excluding carboxylic acids is 1. The highest BCUT2D eigenvalue weighted by Crippen LogP contribution is 2.21. The summed E-state index contributed by atoms with van der Waals surface area (Å²) in [6.45, 7) is 3.91. The van der Waals surface area contributed by atoms with Crippen LogP contribution in [0.2, 0.25) is 0 Å². The molecule has 6 heteroatoms. The molecule has 1 aromatic carbocycles. The number of para-hydroxylation sites is 1. The minimum Gasteiger partial charge on any atom is -0.481 e. The van der Waals surface area contributed by atoms with Gasteiger partial charge >= 0.3 is 5.97 Å². The highest BCUT2D eigenvalue weighted by atomic mass is 16.4. The largest absolute Gasteiger partial charge is 0.481 e. The van der Waals surface area contributed by atoms with Gasteiger partial charge in [-0.2, -0.15) is 0 Å². The number of benzene rings is 1. The van der Waals surface area contributed by atoms with E-state index >= 15 is 0 Å². The van der Waals surface area contributed by atoms with Crippen LogP contribution in [0.5, 0.6) is 0 Å². The molecule has 25 heavy (non-hydrogen) atoms. The number of anilines is 2. The molecule has 0 bridgehead atoms. The first-order valence-electron chi connectivity index (χ1n) is 8.17. The standard InChI is InChI=1S/C19H23N3O3/c1-14(2)22(12-11-18(23)24)19(25)15-9-10-17(20-13-15)21(3)16-7-5-4-6-8-16/h4-10,13-14H,11-12H2,1-3H3,(H,23,24). The van der Waals surface area contributed by atoms with Gasteiger partial charge in [0, 0.05) is 31.5 Å². The van der Waals surface area contributed by atoms with E-state index in [2.05, 4.69) is 4.98 Å². The Bertz CT molecular complexity index is 714. The molecule has 1 N–H and O–H groups in total. The molecule has 2 rings (SSSR count). The lowest BCUT2D eigenvalue weighted by Gasteiger charge is -2.26. The van der Waals surface area contributed by atoms with Gasteiger partial charge in [-0.25, -0.2) is 4.98 Å². The number of amides is 1. The summed E-state index contributed by atoms with van der Waals surface area (Å²) in [6, 6.07) is 13.2. The second-order valence-electron chi connectivity index (χ2n) is 6.04. The summed E-state index contributed by atoms with van der Waals surface area (Å²) in [7, 11) is 1.91. The number of pyridine rings is 1. The predicted octanol–water partition coefficient (Wildman–Crippen LogP) is 3.17. The summed E-state index contributed by atoms with van der Waals surface area (Å²) in [5, 5.41) is 8.85. The molecule has 1 heterocycles. The van der Waals surface area contributed by atoms with Gasteiger partial charge in [0.15, 0.2) is 0 Å². The van der Waals surface area contributed by atoms with Crippen LogP contribution in [0.3, 0.4) is 0 Å². The minimum absolute atomic E-state index is 0.0772. The van der Waals surface area contributed by atoms with E-state index in [9.17, 15) is 9.59 Å². The van der Waals surface area contributed by atoms with Gasteiger partial charge in [0.2, 0.25) is 0 Å². The molecule has 0 saturated carbocycles. The zero-order chi connectivity index (χ0) is 18.4. The second-order valence-corrected chi connectivity index (χ2v) is 6.04. The highest BCUT2D eigenvalue weighted by molar-refractivity contribution is 5.94. The molecular formula is C19H23N3O3. The van der Waals surface area contributed by atoms with E-state index in [-0.39, 0.29) is 24.9 Å². The molecule has 0 atom stereocenters. The first-order valence-corrected chi connectivity index (χ1v) is 8.17. The van der Waals surface area contributed by atoms with Crippen LogP contribution in [0.4, 0.5) is 11.5 Å². The molecule has 0 aliphatic carbocycles. The van der Waals surface area contributed by atoms with Crippen molar-refractivity contribution in [1.82, 2.24) is 9.88 Å². The lowest BCUT2D eigenvalue weighted by molar-refractivity contribution is -0.137. The third kappa shape index (κ3) is 4.79. The van der Waals surface area contributed by atoms with Crippen molar-refractivity contribution in [3.63, 3.8) is 0 Å². The van der Waals surface area contributed by atoms with E-state index in [0.29, 0.717) is 5.56 Å². The number of carboxylic acids is 1. The molecular weight excluding hydrogens is 318 g/mol. The number of aromatic nitrogens is 1. The van der Waals surface area contributed by atoms with Crippen molar-refractivity contribution in [3.8, 4) is 0 Å². The monoisotopic (exact) mass is 341 g/mol. The fourth-order valence-electron chi connectivity index (χ4n) is 2.47. The number of aliphatic carboxylic acids is 1. The molecule has 0 radical (unpaired) electrons. The van der Waals surface area contributed by atoms with Gasteiger partial charge in [0.05, 0.1) is 12.0 Å². The zero-order valence-electron chi connectivity index (χ0n) is 14.7. The summed E-state index contributed by atoms with van der Waals surface area (Å²) in [5.41, 5.74) is 1.45. The Morgan fingerprint density at radius 1 is 1.12 bits per heavy atom. The van der Waals surface area contributed by atoms with Crippen molar-refractivity contribution in [3.05, 3.63) is 54.2 Å². The van der Waals surface area contributed by atoms with E-state index < -0.39 is 5.97 Å². The van der Waals surface area contributed by atoms with Gasteiger partial charge in [-0.1, -0.05) is 18.2 Å². The number of hydrogen-bond acceptors (Lipinski definition) is 4. The maximum absolute atomic E-state index is 12.6. The smallest absolute Gasteiger partial charge is 0.305 e. The zero-order valence-corrected chi connectivity index (χ0v) is 14.7. The lowest BCUT2D eigenvalue weighted by Crippen LogP contribution is -2.38. The Morgan fingerprint density at radius 3 is 2.32 bits per heavy atom. The molecule has 0 unspecified atom stereocenters. The maximum Gasteiger partial charge on any atom is 0.305 e. The molecule has 6 nitrogen and oxygen atoms in total.